The van der Waals surface area contributed by atoms with E-state index in [2.05, 4.69) is 13.2 Å². The Hall–Kier alpha value is -1.43. The largest absolute Gasteiger partial charge is 0.289 e. The standard InChI is InChI=1S/C16H14O2S3/c1-9(2)13(17)11-5-7-19-15(11)21-16-12(6-8-20-16)14(18)10(3)4/h5-8H,1,3H2,2,4H3. The van der Waals surface area contributed by atoms with Crippen molar-refractivity contribution in [2.75, 3.05) is 0 Å². The van der Waals surface area contributed by atoms with E-state index in [0.717, 1.165) is 8.42 Å². The molecule has 0 aromatic carbocycles. The summed E-state index contributed by atoms with van der Waals surface area (Å²) < 4.78 is 1.78. The van der Waals surface area contributed by atoms with Crippen molar-refractivity contribution in [2.45, 2.75) is 22.3 Å². The van der Waals surface area contributed by atoms with Crippen LogP contribution in [0, 0.1) is 0 Å². The van der Waals surface area contributed by atoms with Crippen molar-refractivity contribution in [3.63, 3.8) is 0 Å². The van der Waals surface area contributed by atoms with Gasteiger partial charge < -0.3 is 0 Å². The van der Waals surface area contributed by atoms with Crippen LogP contribution >= 0.6 is 34.4 Å². The molecule has 0 spiro atoms. The molecule has 2 aromatic rings. The zero-order valence-corrected chi connectivity index (χ0v) is 14.2. The summed E-state index contributed by atoms with van der Waals surface area (Å²) in [7, 11) is 0. The number of Topliss-reactive ketones (excluding diaryl/α,β-unsaturated/α-hetero) is 2. The fourth-order valence-electron chi connectivity index (χ4n) is 1.63. The molecule has 0 saturated carbocycles. The number of hydrogen-bond acceptors (Lipinski definition) is 5. The van der Waals surface area contributed by atoms with Gasteiger partial charge in [-0.3, -0.25) is 9.59 Å². The lowest BCUT2D eigenvalue weighted by Crippen LogP contribution is -2.00. The lowest BCUT2D eigenvalue weighted by atomic mass is 10.1. The maximum Gasteiger partial charge on any atom is 0.190 e. The summed E-state index contributed by atoms with van der Waals surface area (Å²) in [4.78, 5) is 24.2. The van der Waals surface area contributed by atoms with Crippen molar-refractivity contribution in [3.8, 4) is 0 Å². The fourth-order valence-corrected chi connectivity index (χ4v) is 4.95. The average Bonchev–Trinajstić information content (AvgIpc) is 3.06. The van der Waals surface area contributed by atoms with E-state index in [4.69, 9.17) is 0 Å². The molecule has 0 atom stereocenters. The van der Waals surface area contributed by atoms with Crippen molar-refractivity contribution in [1.29, 1.82) is 0 Å². The molecule has 0 bridgehead atoms. The Morgan fingerprint density at radius 3 is 1.62 bits per heavy atom. The van der Waals surface area contributed by atoms with Crippen LogP contribution in [0.25, 0.3) is 0 Å². The Balaban J connectivity index is 2.33. The smallest absolute Gasteiger partial charge is 0.190 e. The SMILES string of the molecule is C=C(C)C(=O)c1ccsc1Sc1sccc1C(=O)C(=C)C. The molecule has 2 rings (SSSR count). The summed E-state index contributed by atoms with van der Waals surface area (Å²) in [5.74, 6) is -0.105. The van der Waals surface area contributed by atoms with Gasteiger partial charge in [-0.1, -0.05) is 24.9 Å². The first-order valence-corrected chi connectivity index (χ1v) is 8.72. The molecule has 0 aliphatic heterocycles. The van der Waals surface area contributed by atoms with Crippen LogP contribution in [0.3, 0.4) is 0 Å². The molecule has 0 N–H and O–H groups in total. The molecular formula is C16H14O2S3. The van der Waals surface area contributed by atoms with Crippen LogP contribution < -0.4 is 0 Å². The van der Waals surface area contributed by atoms with Gasteiger partial charge in [0.2, 0.25) is 0 Å². The first-order chi connectivity index (χ1) is 9.91. The van der Waals surface area contributed by atoms with Crippen LogP contribution in [-0.2, 0) is 0 Å². The number of ketones is 2. The predicted octanol–water partition coefficient (Wildman–Crippen LogP) is 5.48. The van der Waals surface area contributed by atoms with Crippen molar-refractivity contribution < 1.29 is 9.59 Å². The summed E-state index contributed by atoms with van der Waals surface area (Å²) in [6.07, 6.45) is 0. The van der Waals surface area contributed by atoms with Crippen molar-refractivity contribution in [2.24, 2.45) is 0 Å². The Labute approximate surface area is 136 Å². The molecule has 5 heteroatoms. The lowest BCUT2D eigenvalue weighted by Gasteiger charge is -2.04. The van der Waals surface area contributed by atoms with Gasteiger partial charge in [0.15, 0.2) is 11.6 Å². The second kappa shape index (κ2) is 6.56. The summed E-state index contributed by atoms with van der Waals surface area (Å²) in [5.41, 5.74) is 2.33. The molecule has 2 nitrogen and oxygen atoms in total. The van der Waals surface area contributed by atoms with Gasteiger partial charge in [0.25, 0.3) is 0 Å². The van der Waals surface area contributed by atoms with Gasteiger partial charge in [-0.15, -0.1) is 22.7 Å². The third-order valence-corrected chi connectivity index (χ3v) is 6.01. The molecule has 0 radical (unpaired) electrons. The Morgan fingerprint density at radius 1 is 0.905 bits per heavy atom. The van der Waals surface area contributed by atoms with E-state index < -0.39 is 0 Å². The summed E-state index contributed by atoms with van der Waals surface area (Å²) in [6.45, 7) is 10.8. The first kappa shape index (κ1) is 15.9. The minimum atomic E-state index is -0.0527. The summed E-state index contributed by atoms with van der Waals surface area (Å²) >= 11 is 4.45. The normalized spacial score (nSPS) is 10.4. The van der Waals surface area contributed by atoms with Gasteiger partial charge in [0.05, 0.1) is 8.42 Å². The Bertz CT molecular complexity index is 672. The van der Waals surface area contributed by atoms with E-state index in [1.54, 1.807) is 26.0 Å². The molecule has 2 heterocycles. The predicted molar refractivity (Wildman–Crippen MR) is 91.1 cm³/mol. The van der Waals surface area contributed by atoms with Crippen molar-refractivity contribution in [1.82, 2.24) is 0 Å². The third-order valence-electron chi connectivity index (χ3n) is 2.71. The number of carbonyl (C=O) groups is 2. The molecule has 0 amide bonds. The Kier molecular flexibility index (Phi) is 4.98. The number of rotatable bonds is 6. The highest BCUT2D eigenvalue weighted by molar-refractivity contribution is 8.03. The highest BCUT2D eigenvalue weighted by Crippen LogP contribution is 2.40. The molecule has 2 aromatic heterocycles. The van der Waals surface area contributed by atoms with E-state index >= 15 is 0 Å². The highest BCUT2D eigenvalue weighted by Gasteiger charge is 2.19. The third kappa shape index (κ3) is 3.43. The van der Waals surface area contributed by atoms with Crippen LogP contribution in [-0.4, -0.2) is 11.6 Å². The molecule has 21 heavy (non-hydrogen) atoms. The Morgan fingerprint density at radius 2 is 1.29 bits per heavy atom. The van der Waals surface area contributed by atoms with Gasteiger partial charge >= 0.3 is 0 Å². The topological polar surface area (TPSA) is 34.1 Å². The van der Waals surface area contributed by atoms with E-state index in [1.165, 1.54) is 34.4 Å². The zero-order chi connectivity index (χ0) is 15.6. The molecule has 108 valence electrons. The van der Waals surface area contributed by atoms with Gasteiger partial charge in [-0.05, 0) is 47.9 Å². The molecule has 0 aliphatic rings. The zero-order valence-electron chi connectivity index (χ0n) is 11.8. The lowest BCUT2D eigenvalue weighted by molar-refractivity contribution is 0.102. The molecule has 0 fully saturated rings. The molecule has 0 unspecified atom stereocenters. The molecular weight excluding hydrogens is 320 g/mol. The quantitative estimate of drug-likeness (QED) is 0.518. The number of hydrogen-bond donors (Lipinski definition) is 0. The monoisotopic (exact) mass is 334 g/mol. The van der Waals surface area contributed by atoms with Crippen molar-refractivity contribution >= 4 is 46.0 Å². The minimum absolute atomic E-state index is 0.0527. The van der Waals surface area contributed by atoms with Gasteiger partial charge in [-0.25, -0.2) is 0 Å². The number of thiophene rings is 2. The molecule has 0 aliphatic carbocycles. The highest BCUT2D eigenvalue weighted by atomic mass is 32.2. The van der Waals surface area contributed by atoms with E-state index in [0.29, 0.717) is 22.3 Å². The van der Waals surface area contributed by atoms with Crippen LogP contribution in [0.1, 0.15) is 34.6 Å². The summed E-state index contributed by atoms with van der Waals surface area (Å²) in [6, 6.07) is 3.61. The minimum Gasteiger partial charge on any atom is -0.289 e. The van der Waals surface area contributed by atoms with E-state index in [1.807, 2.05) is 10.8 Å². The number of allylic oxidation sites excluding steroid dienone is 2. The average molecular weight is 334 g/mol. The fraction of sp³-hybridized carbons (Fsp3) is 0.125. The van der Waals surface area contributed by atoms with Gasteiger partial charge in [0, 0.05) is 11.1 Å². The second-order valence-corrected chi connectivity index (χ2v) is 7.93. The van der Waals surface area contributed by atoms with Crippen LogP contribution in [0.5, 0.6) is 0 Å². The van der Waals surface area contributed by atoms with Crippen LogP contribution in [0.15, 0.2) is 55.6 Å². The van der Waals surface area contributed by atoms with Gasteiger partial charge in [0.1, 0.15) is 0 Å². The van der Waals surface area contributed by atoms with Gasteiger partial charge in [-0.2, -0.15) is 0 Å². The van der Waals surface area contributed by atoms with Crippen LogP contribution in [0.4, 0.5) is 0 Å². The first-order valence-electron chi connectivity index (χ1n) is 6.15. The van der Waals surface area contributed by atoms with E-state index in [9.17, 15) is 9.59 Å². The maximum absolute atomic E-state index is 12.1. The summed E-state index contributed by atoms with van der Waals surface area (Å²) in [5, 5.41) is 3.76. The maximum atomic E-state index is 12.1. The van der Waals surface area contributed by atoms with E-state index in [-0.39, 0.29) is 11.6 Å². The molecule has 0 saturated heterocycles. The second-order valence-electron chi connectivity index (χ2n) is 4.56. The number of carbonyl (C=O) groups excluding carboxylic acids is 2. The van der Waals surface area contributed by atoms with Crippen molar-refractivity contribution in [3.05, 3.63) is 58.3 Å². The van der Waals surface area contributed by atoms with Crippen LogP contribution in [0.2, 0.25) is 0 Å².